The fourth-order valence-corrected chi connectivity index (χ4v) is 5.89. The maximum Gasteiger partial charge on any atom is 0.341 e. The minimum atomic E-state index is -0.353. The molecule has 174 valence electrons. The third-order valence-electron chi connectivity index (χ3n) is 5.53. The number of anilines is 2. The van der Waals surface area contributed by atoms with Crippen LogP contribution in [-0.4, -0.2) is 28.0 Å². The van der Waals surface area contributed by atoms with Crippen LogP contribution in [0.4, 0.5) is 15.2 Å². The molecule has 0 atom stereocenters. The van der Waals surface area contributed by atoms with E-state index in [0.717, 1.165) is 31.2 Å². The lowest BCUT2D eigenvalue weighted by molar-refractivity contribution is 0.0601. The highest BCUT2D eigenvalue weighted by molar-refractivity contribution is 9.10. The van der Waals surface area contributed by atoms with Crippen LogP contribution in [0.5, 0.6) is 0 Å². The molecular weight excluding hydrogens is 527 g/mol. The summed E-state index contributed by atoms with van der Waals surface area (Å²) in [7, 11) is 1.40. The molecule has 1 aromatic carbocycles. The zero-order chi connectivity index (χ0) is 23.4. The van der Waals surface area contributed by atoms with Crippen molar-refractivity contribution < 1.29 is 13.9 Å². The lowest BCUT2D eigenvalue weighted by atomic mass is 9.96. The van der Waals surface area contributed by atoms with Crippen molar-refractivity contribution in [1.29, 1.82) is 0 Å². The van der Waals surface area contributed by atoms with E-state index in [2.05, 4.69) is 31.7 Å². The van der Waals surface area contributed by atoms with Gasteiger partial charge >= 0.3 is 5.97 Å². The molecule has 6 nitrogen and oxygen atoms in total. The summed E-state index contributed by atoms with van der Waals surface area (Å²) in [6.07, 6.45) is 8.13. The number of nitrogens with one attached hydrogen (secondary N) is 2. The van der Waals surface area contributed by atoms with E-state index in [1.54, 1.807) is 40.4 Å². The topological polar surface area (TPSA) is 68.2 Å². The highest BCUT2D eigenvalue weighted by Gasteiger charge is 2.25. The number of carbonyl (C=O) groups excluding carboxylic acids is 1. The van der Waals surface area contributed by atoms with E-state index in [9.17, 15) is 9.18 Å². The SMILES string of the molecule is COC(=O)c1c(NC(=S)Nc2nn(Cc3ccccc3F)cc2Br)sc2c1CCCCCC2. The molecule has 0 radical (unpaired) electrons. The Morgan fingerprint density at radius 3 is 2.76 bits per heavy atom. The number of ether oxygens (including phenoxy) is 1. The summed E-state index contributed by atoms with van der Waals surface area (Å²) in [5, 5.41) is 11.7. The van der Waals surface area contributed by atoms with Crippen LogP contribution in [0.25, 0.3) is 0 Å². The number of thiocarbonyl (C=S) groups is 1. The minimum Gasteiger partial charge on any atom is -0.465 e. The first kappa shape index (κ1) is 23.8. The van der Waals surface area contributed by atoms with Crippen molar-refractivity contribution in [1.82, 2.24) is 9.78 Å². The summed E-state index contributed by atoms with van der Waals surface area (Å²) in [4.78, 5) is 13.8. The van der Waals surface area contributed by atoms with Crippen molar-refractivity contribution in [3.05, 3.63) is 62.3 Å². The van der Waals surface area contributed by atoms with Gasteiger partial charge in [0.2, 0.25) is 0 Å². The molecular formula is C23H24BrFN4O2S2. The maximum atomic E-state index is 14.0. The van der Waals surface area contributed by atoms with Gasteiger partial charge in [0, 0.05) is 16.6 Å². The molecule has 0 fully saturated rings. The summed E-state index contributed by atoms with van der Waals surface area (Å²) >= 11 is 10.6. The van der Waals surface area contributed by atoms with E-state index in [-0.39, 0.29) is 18.3 Å². The molecule has 0 saturated carbocycles. The number of hydrogen-bond acceptors (Lipinski definition) is 5. The standard InChI is InChI=1S/C23H24BrFN4O2S2/c1-31-22(30)19-15-9-4-2-3-5-11-18(15)33-21(19)27-23(32)26-20-16(24)13-29(28-20)12-14-8-6-7-10-17(14)25/h6-8,10,13H,2-5,9,11-12H2,1H3,(H2,26,27,28,32). The van der Waals surface area contributed by atoms with E-state index in [0.29, 0.717) is 31.5 Å². The third-order valence-corrected chi connectivity index (χ3v) is 7.52. The number of fused-ring (bicyclic) bond motifs is 1. The van der Waals surface area contributed by atoms with Gasteiger partial charge in [0.05, 0.1) is 23.7 Å². The van der Waals surface area contributed by atoms with Crippen molar-refractivity contribution >= 4 is 61.4 Å². The van der Waals surface area contributed by atoms with Gasteiger partial charge in [-0.2, -0.15) is 5.10 Å². The van der Waals surface area contributed by atoms with Gasteiger partial charge in [-0.05, 0) is 65.5 Å². The number of aromatic nitrogens is 2. The first-order chi connectivity index (χ1) is 16.0. The maximum absolute atomic E-state index is 14.0. The van der Waals surface area contributed by atoms with Crippen molar-refractivity contribution in [3.63, 3.8) is 0 Å². The normalized spacial score (nSPS) is 13.5. The quantitative estimate of drug-likeness (QED) is 0.293. The fourth-order valence-electron chi connectivity index (χ4n) is 3.93. The summed E-state index contributed by atoms with van der Waals surface area (Å²) in [5.74, 6) is -0.133. The summed E-state index contributed by atoms with van der Waals surface area (Å²) in [6, 6.07) is 6.60. The molecule has 0 spiro atoms. The average Bonchev–Trinajstić information content (AvgIpc) is 3.28. The molecule has 0 saturated heterocycles. The molecule has 2 aromatic heterocycles. The van der Waals surface area contributed by atoms with Gasteiger partial charge in [0.25, 0.3) is 0 Å². The van der Waals surface area contributed by atoms with E-state index < -0.39 is 0 Å². The Kier molecular flexibility index (Phi) is 7.77. The molecule has 1 aliphatic carbocycles. The van der Waals surface area contributed by atoms with Crippen LogP contribution in [0.3, 0.4) is 0 Å². The lowest BCUT2D eigenvalue weighted by Gasteiger charge is -2.11. The first-order valence-corrected chi connectivity index (χ1v) is 12.7. The predicted molar refractivity (Wildman–Crippen MR) is 137 cm³/mol. The van der Waals surface area contributed by atoms with Crippen molar-refractivity contribution in [2.45, 2.75) is 45.1 Å². The Hall–Kier alpha value is -2.30. The van der Waals surface area contributed by atoms with Crippen LogP contribution in [0.15, 0.2) is 34.9 Å². The van der Waals surface area contributed by atoms with Crippen molar-refractivity contribution in [2.75, 3.05) is 17.7 Å². The molecule has 4 rings (SSSR count). The van der Waals surface area contributed by atoms with Gasteiger partial charge in [-0.25, -0.2) is 9.18 Å². The van der Waals surface area contributed by atoms with Gasteiger partial charge in [-0.3, -0.25) is 4.68 Å². The predicted octanol–water partition coefficient (Wildman–Crippen LogP) is 6.15. The van der Waals surface area contributed by atoms with E-state index in [4.69, 9.17) is 17.0 Å². The van der Waals surface area contributed by atoms with Crippen LogP contribution >= 0.6 is 39.5 Å². The van der Waals surface area contributed by atoms with E-state index >= 15 is 0 Å². The Bertz CT molecular complexity index is 1180. The average molecular weight is 552 g/mol. The first-order valence-electron chi connectivity index (χ1n) is 10.7. The van der Waals surface area contributed by atoms with Gasteiger partial charge < -0.3 is 15.4 Å². The monoisotopic (exact) mass is 550 g/mol. The van der Waals surface area contributed by atoms with Gasteiger partial charge in [0.1, 0.15) is 10.8 Å². The second kappa shape index (κ2) is 10.8. The highest BCUT2D eigenvalue weighted by atomic mass is 79.9. The van der Waals surface area contributed by atoms with Gasteiger partial charge in [0.15, 0.2) is 10.9 Å². The number of methoxy groups -OCH3 is 1. The highest BCUT2D eigenvalue weighted by Crippen LogP contribution is 2.37. The smallest absolute Gasteiger partial charge is 0.341 e. The number of rotatable bonds is 5. The molecule has 3 aromatic rings. The number of carbonyl (C=O) groups is 1. The van der Waals surface area contributed by atoms with Crippen LogP contribution in [0, 0.1) is 5.82 Å². The van der Waals surface area contributed by atoms with Crippen molar-refractivity contribution in [3.8, 4) is 0 Å². The molecule has 0 amide bonds. The second-order valence-corrected chi connectivity index (χ2v) is 10.2. The molecule has 2 heterocycles. The Morgan fingerprint density at radius 1 is 1.24 bits per heavy atom. The number of thiophene rings is 1. The summed E-state index contributed by atoms with van der Waals surface area (Å²) < 4.78 is 21.4. The number of halogens is 2. The molecule has 10 heteroatoms. The zero-order valence-corrected chi connectivity index (χ0v) is 21.3. The Balaban J connectivity index is 1.51. The summed E-state index contributed by atoms with van der Waals surface area (Å²) in [5.41, 5.74) is 2.19. The number of aryl methyl sites for hydroxylation is 1. The molecule has 2 N–H and O–H groups in total. The van der Waals surface area contributed by atoms with E-state index in [1.807, 2.05) is 0 Å². The van der Waals surface area contributed by atoms with Gasteiger partial charge in [-0.15, -0.1) is 11.3 Å². The van der Waals surface area contributed by atoms with Crippen LogP contribution in [0.2, 0.25) is 0 Å². The second-order valence-electron chi connectivity index (χ2n) is 7.81. The molecule has 0 aliphatic heterocycles. The molecule has 0 bridgehead atoms. The Morgan fingerprint density at radius 2 is 2.00 bits per heavy atom. The minimum absolute atomic E-state index is 0.278. The molecule has 1 aliphatic rings. The third kappa shape index (κ3) is 5.62. The largest absolute Gasteiger partial charge is 0.465 e. The van der Waals surface area contributed by atoms with E-state index in [1.165, 1.54) is 30.9 Å². The zero-order valence-electron chi connectivity index (χ0n) is 18.1. The summed E-state index contributed by atoms with van der Waals surface area (Å²) in [6.45, 7) is 0.289. The van der Waals surface area contributed by atoms with Crippen LogP contribution in [-0.2, 0) is 24.1 Å². The van der Waals surface area contributed by atoms with Crippen LogP contribution < -0.4 is 10.6 Å². The number of esters is 1. The fraction of sp³-hybridized carbons (Fsp3) is 0.348. The number of nitrogens with zero attached hydrogens (tertiary/aromatic N) is 2. The number of hydrogen-bond donors (Lipinski definition) is 2. The van der Waals surface area contributed by atoms with Crippen molar-refractivity contribution in [2.24, 2.45) is 0 Å². The lowest BCUT2D eigenvalue weighted by Crippen LogP contribution is -2.21. The number of benzene rings is 1. The van der Waals surface area contributed by atoms with Crippen LogP contribution in [0.1, 0.15) is 52.0 Å². The van der Waals surface area contributed by atoms with Gasteiger partial charge in [-0.1, -0.05) is 31.0 Å². The molecule has 0 unspecified atom stereocenters. The molecule has 33 heavy (non-hydrogen) atoms. The Labute approximate surface area is 209 Å².